The summed E-state index contributed by atoms with van der Waals surface area (Å²) in [5, 5.41) is 30.1. The van der Waals surface area contributed by atoms with E-state index < -0.39 is 12.3 Å². The minimum absolute atomic E-state index is 0.0273. The fraction of sp³-hybridized carbons (Fsp3) is 0.167. The molecule has 1 aromatic carbocycles. The summed E-state index contributed by atoms with van der Waals surface area (Å²) in [6.07, 6.45) is 0.0907. The molecule has 0 amide bonds. The van der Waals surface area contributed by atoms with Crippen LogP contribution in [0.15, 0.2) is 36.5 Å². The zero-order chi connectivity index (χ0) is 13.7. The van der Waals surface area contributed by atoms with Gasteiger partial charge in [0.15, 0.2) is 6.35 Å². The van der Waals surface area contributed by atoms with Crippen molar-refractivity contribution in [1.82, 2.24) is 15.5 Å². The average Bonchev–Trinajstić information content (AvgIpc) is 2.86. The number of aliphatic hydroxyl groups is 1. The molecule has 7 heteroatoms. The third-order valence-electron chi connectivity index (χ3n) is 2.49. The second kappa shape index (κ2) is 5.98. The summed E-state index contributed by atoms with van der Waals surface area (Å²) in [5.74, 6) is -0.966. The van der Waals surface area contributed by atoms with Gasteiger partial charge in [-0.2, -0.15) is 5.10 Å². The molecule has 2 rings (SSSR count). The molecule has 5 N–H and O–H groups in total. The predicted octanol–water partition coefficient (Wildman–Crippen LogP) is 0.585. The highest BCUT2D eigenvalue weighted by Gasteiger charge is 2.14. The van der Waals surface area contributed by atoms with E-state index in [0.717, 1.165) is 5.56 Å². The SMILES string of the molecule is O=C(O)c1cn[nH]c1NC(O)NCc1ccccc1. The van der Waals surface area contributed by atoms with E-state index in [1.54, 1.807) is 0 Å². The lowest BCUT2D eigenvalue weighted by Gasteiger charge is -2.14. The van der Waals surface area contributed by atoms with Crippen molar-refractivity contribution in [2.45, 2.75) is 12.9 Å². The van der Waals surface area contributed by atoms with Gasteiger partial charge in [-0.15, -0.1) is 0 Å². The normalized spacial score (nSPS) is 12.1. The lowest BCUT2D eigenvalue weighted by Crippen LogP contribution is -2.36. The molecule has 0 aliphatic rings. The second-order valence-corrected chi connectivity index (χ2v) is 3.88. The molecule has 0 aliphatic heterocycles. The summed E-state index contributed by atoms with van der Waals surface area (Å²) in [7, 11) is 0. The van der Waals surface area contributed by atoms with Crippen molar-refractivity contribution in [3.8, 4) is 0 Å². The molecule has 0 saturated heterocycles. The van der Waals surface area contributed by atoms with Crippen molar-refractivity contribution in [1.29, 1.82) is 0 Å². The van der Waals surface area contributed by atoms with E-state index in [1.165, 1.54) is 6.20 Å². The quantitative estimate of drug-likeness (QED) is 0.487. The molecule has 1 aromatic heterocycles. The third-order valence-corrected chi connectivity index (χ3v) is 2.49. The van der Waals surface area contributed by atoms with Crippen LogP contribution in [0.3, 0.4) is 0 Å². The summed E-state index contributed by atoms with van der Waals surface area (Å²) in [6, 6.07) is 9.53. The third kappa shape index (κ3) is 3.54. The maximum atomic E-state index is 10.8. The summed E-state index contributed by atoms with van der Waals surface area (Å²) in [5.41, 5.74) is 0.979. The number of aliphatic hydroxyl groups excluding tert-OH is 1. The molecule has 0 aliphatic carbocycles. The van der Waals surface area contributed by atoms with Gasteiger partial charge < -0.3 is 15.5 Å². The number of nitrogens with zero attached hydrogens (tertiary/aromatic N) is 1. The van der Waals surface area contributed by atoms with Gasteiger partial charge in [-0.3, -0.25) is 10.4 Å². The Hall–Kier alpha value is -2.38. The maximum absolute atomic E-state index is 10.8. The monoisotopic (exact) mass is 262 g/mol. The standard InChI is InChI=1S/C12H14N4O3/c17-11(18)9-7-14-16-10(9)15-12(19)13-6-8-4-2-1-3-5-8/h1-5,7,12-13,19H,6H2,(H,17,18)(H2,14,15,16). The van der Waals surface area contributed by atoms with Crippen molar-refractivity contribution in [3.05, 3.63) is 47.7 Å². The van der Waals surface area contributed by atoms with Crippen LogP contribution in [0.1, 0.15) is 15.9 Å². The molecule has 0 radical (unpaired) electrons. The Morgan fingerprint density at radius 2 is 2.11 bits per heavy atom. The highest BCUT2D eigenvalue weighted by molar-refractivity contribution is 5.92. The number of anilines is 1. The summed E-state index contributed by atoms with van der Waals surface area (Å²) in [4.78, 5) is 10.8. The summed E-state index contributed by atoms with van der Waals surface area (Å²) >= 11 is 0. The van der Waals surface area contributed by atoms with Gasteiger partial charge in [-0.25, -0.2) is 4.79 Å². The van der Waals surface area contributed by atoms with Crippen LogP contribution in [-0.4, -0.2) is 32.7 Å². The molecule has 19 heavy (non-hydrogen) atoms. The molecule has 0 saturated carbocycles. The predicted molar refractivity (Wildman–Crippen MR) is 68.5 cm³/mol. The van der Waals surface area contributed by atoms with Crippen LogP contribution >= 0.6 is 0 Å². The van der Waals surface area contributed by atoms with Crippen molar-refractivity contribution in [2.75, 3.05) is 5.32 Å². The molecular formula is C12H14N4O3. The number of aromatic carboxylic acids is 1. The maximum Gasteiger partial charge on any atom is 0.341 e. The van der Waals surface area contributed by atoms with Crippen LogP contribution in [0.25, 0.3) is 0 Å². The van der Waals surface area contributed by atoms with Crippen LogP contribution in [0.4, 0.5) is 5.82 Å². The largest absolute Gasteiger partial charge is 0.477 e. The molecule has 100 valence electrons. The number of benzene rings is 1. The first-order valence-corrected chi connectivity index (χ1v) is 5.65. The fourth-order valence-corrected chi connectivity index (χ4v) is 1.56. The fourth-order valence-electron chi connectivity index (χ4n) is 1.56. The summed E-state index contributed by atoms with van der Waals surface area (Å²) in [6.45, 7) is 0.450. The van der Waals surface area contributed by atoms with Gasteiger partial charge in [0, 0.05) is 6.54 Å². The average molecular weight is 262 g/mol. The Labute approximate surface area is 109 Å². The van der Waals surface area contributed by atoms with Gasteiger partial charge in [0.05, 0.1) is 6.20 Å². The van der Waals surface area contributed by atoms with Crippen LogP contribution in [0.2, 0.25) is 0 Å². The van der Waals surface area contributed by atoms with E-state index in [1.807, 2.05) is 30.3 Å². The van der Waals surface area contributed by atoms with Gasteiger partial charge in [0.1, 0.15) is 11.4 Å². The number of hydrogen-bond donors (Lipinski definition) is 5. The van der Waals surface area contributed by atoms with Crippen molar-refractivity contribution in [3.63, 3.8) is 0 Å². The van der Waals surface area contributed by atoms with Crippen molar-refractivity contribution < 1.29 is 15.0 Å². The highest BCUT2D eigenvalue weighted by atomic mass is 16.4. The van der Waals surface area contributed by atoms with E-state index in [9.17, 15) is 9.90 Å². The zero-order valence-corrected chi connectivity index (χ0v) is 10.00. The van der Waals surface area contributed by atoms with E-state index in [-0.39, 0.29) is 11.4 Å². The Morgan fingerprint density at radius 1 is 1.37 bits per heavy atom. The molecule has 1 heterocycles. The Kier molecular flexibility index (Phi) is 4.11. The molecule has 0 spiro atoms. The zero-order valence-electron chi connectivity index (χ0n) is 10.00. The van der Waals surface area contributed by atoms with Crippen LogP contribution in [0, 0.1) is 0 Å². The van der Waals surface area contributed by atoms with Crippen LogP contribution < -0.4 is 10.6 Å². The minimum Gasteiger partial charge on any atom is -0.477 e. The summed E-state index contributed by atoms with van der Waals surface area (Å²) < 4.78 is 0. The van der Waals surface area contributed by atoms with E-state index in [4.69, 9.17) is 5.11 Å². The number of rotatable bonds is 6. The number of aromatic amines is 1. The highest BCUT2D eigenvalue weighted by Crippen LogP contribution is 2.10. The number of hydrogen-bond acceptors (Lipinski definition) is 5. The molecule has 0 fully saturated rings. The topological polar surface area (TPSA) is 110 Å². The minimum atomic E-state index is -1.12. The molecule has 2 aromatic rings. The van der Waals surface area contributed by atoms with Crippen LogP contribution in [-0.2, 0) is 6.54 Å². The first-order chi connectivity index (χ1) is 9.16. The van der Waals surface area contributed by atoms with Gasteiger partial charge in [-0.05, 0) is 5.56 Å². The first-order valence-electron chi connectivity index (χ1n) is 5.65. The van der Waals surface area contributed by atoms with Crippen molar-refractivity contribution >= 4 is 11.8 Å². The lowest BCUT2D eigenvalue weighted by molar-refractivity contribution is 0.0697. The molecule has 1 atom stereocenters. The van der Waals surface area contributed by atoms with Gasteiger partial charge >= 0.3 is 5.97 Å². The van der Waals surface area contributed by atoms with Gasteiger partial charge in [-0.1, -0.05) is 30.3 Å². The lowest BCUT2D eigenvalue weighted by atomic mass is 10.2. The second-order valence-electron chi connectivity index (χ2n) is 3.88. The smallest absolute Gasteiger partial charge is 0.341 e. The van der Waals surface area contributed by atoms with Gasteiger partial charge in [0.25, 0.3) is 0 Å². The first kappa shape index (κ1) is 13.1. The van der Waals surface area contributed by atoms with E-state index in [0.29, 0.717) is 6.54 Å². The van der Waals surface area contributed by atoms with Crippen molar-refractivity contribution in [2.24, 2.45) is 0 Å². The molecule has 1 unspecified atom stereocenters. The Balaban J connectivity index is 1.89. The number of carbonyl (C=O) groups is 1. The Morgan fingerprint density at radius 3 is 2.79 bits per heavy atom. The Bertz CT molecular complexity index is 541. The molecule has 7 nitrogen and oxygen atoms in total. The molecular weight excluding hydrogens is 248 g/mol. The number of nitrogens with one attached hydrogen (secondary N) is 3. The number of carboxylic acid groups (broad SMARTS) is 1. The number of carboxylic acids is 1. The van der Waals surface area contributed by atoms with E-state index in [2.05, 4.69) is 20.8 Å². The van der Waals surface area contributed by atoms with E-state index >= 15 is 0 Å². The van der Waals surface area contributed by atoms with Gasteiger partial charge in [0.2, 0.25) is 0 Å². The molecule has 0 bridgehead atoms. The number of aromatic nitrogens is 2. The number of H-pyrrole nitrogens is 1. The van der Waals surface area contributed by atoms with Crippen LogP contribution in [0.5, 0.6) is 0 Å².